The quantitative estimate of drug-likeness (QED) is 0.802. The second-order valence-electron chi connectivity index (χ2n) is 5.48. The lowest BCUT2D eigenvalue weighted by atomic mass is 10.1. The summed E-state index contributed by atoms with van der Waals surface area (Å²) in [6.07, 6.45) is 0.716. The molecule has 1 amide bonds. The molecular weight excluding hydrogens is 306 g/mol. The first kappa shape index (κ1) is 17.9. The maximum Gasteiger partial charge on any atom is 0.254 e. The van der Waals surface area contributed by atoms with Crippen LogP contribution in [0.3, 0.4) is 0 Å². The molecule has 1 aromatic heterocycles. The van der Waals surface area contributed by atoms with E-state index < -0.39 is 0 Å². The molecule has 2 rings (SSSR count). The van der Waals surface area contributed by atoms with Crippen LogP contribution in [0.4, 0.5) is 0 Å². The minimum absolute atomic E-state index is 0.111. The Morgan fingerprint density at radius 3 is 2.42 bits per heavy atom. The van der Waals surface area contributed by atoms with Crippen LogP contribution in [0.1, 0.15) is 41.3 Å². The van der Waals surface area contributed by atoms with Gasteiger partial charge < -0.3 is 19.2 Å². The van der Waals surface area contributed by atoms with Crippen molar-refractivity contribution in [3.63, 3.8) is 0 Å². The van der Waals surface area contributed by atoms with Gasteiger partial charge in [0.05, 0.1) is 18.8 Å². The van der Waals surface area contributed by atoms with Crippen LogP contribution in [0.2, 0.25) is 0 Å². The molecule has 2 aromatic rings. The topological polar surface area (TPSA) is 60.7 Å². The van der Waals surface area contributed by atoms with Crippen LogP contribution in [0.5, 0.6) is 11.5 Å². The smallest absolute Gasteiger partial charge is 0.254 e. The lowest BCUT2D eigenvalue weighted by molar-refractivity contribution is 0.0952. The summed E-state index contributed by atoms with van der Waals surface area (Å²) in [4.78, 5) is 12.2. The molecule has 0 aliphatic heterocycles. The van der Waals surface area contributed by atoms with Gasteiger partial charge in [-0.2, -0.15) is 0 Å². The van der Waals surface area contributed by atoms with Gasteiger partial charge in [-0.3, -0.25) is 4.79 Å². The molecule has 24 heavy (non-hydrogen) atoms. The fraction of sp³-hybridized carbons (Fsp3) is 0.421. The van der Waals surface area contributed by atoms with Gasteiger partial charge in [0.1, 0.15) is 11.5 Å². The highest BCUT2D eigenvalue weighted by atomic mass is 16.5. The minimum Gasteiger partial charge on any atom is -0.490 e. The van der Waals surface area contributed by atoms with Gasteiger partial charge in [-0.1, -0.05) is 6.07 Å². The molecule has 1 heterocycles. The zero-order valence-corrected chi connectivity index (χ0v) is 14.8. The van der Waals surface area contributed by atoms with Crippen molar-refractivity contribution in [2.24, 2.45) is 0 Å². The van der Waals surface area contributed by atoms with Crippen molar-refractivity contribution in [3.05, 3.63) is 46.9 Å². The second kappa shape index (κ2) is 8.43. The molecule has 0 fully saturated rings. The largest absolute Gasteiger partial charge is 0.490 e. The number of carbonyl (C=O) groups is 1. The molecule has 1 aromatic carbocycles. The number of aryl methyl sites for hydroxylation is 2. The van der Waals surface area contributed by atoms with Gasteiger partial charge in [-0.05, 0) is 57.9 Å². The third-order valence-corrected chi connectivity index (χ3v) is 3.59. The molecule has 0 bridgehead atoms. The van der Waals surface area contributed by atoms with Crippen LogP contribution < -0.4 is 14.8 Å². The zero-order valence-electron chi connectivity index (χ0n) is 14.8. The number of hydrogen-bond acceptors (Lipinski definition) is 4. The molecule has 0 radical (unpaired) electrons. The van der Waals surface area contributed by atoms with E-state index in [-0.39, 0.29) is 5.91 Å². The summed E-state index contributed by atoms with van der Waals surface area (Å²) in [6.45, 7) is 9.23. The zero-order chi connectivity index (χ0) is 17.5. The summed E-state index contributed by atoms with van der Waals surface area (Å²) in [5, 5.41) is 2.92. The van der Waals surface area contributed by atoms with E-state index in [4.69, 9.17) is 13.9 Å². The summed E-state index contributed by atoms with van der Waals surface area (Å²) in [6, 6.07) is 7.63. The first-order valence-corrected chi connectivity index (χ1v) is 8.28. The fourth-order valence-corrected chi connectivity index (χ4v) is 2.52. The van der Waals surface area contributed by atoms with Crippen molar-refractivity contribution in [1.29, 1.82) is 0 Å². The monoisotopic (exact) mass is 331 g/mol. The van der Waals surface area contributed by atoms with Crippen LogP contribution in [-0.2, 0) is 6.42 Å². The summed E-state index contributed by atoms with van der Waals surface area (Å²) in [5.41, 5.74) is 1.68. The average Bonchev–Trinajstić information content (AvgIpc) is 2.89. The number of nitrogens with one attached hydrogen (secondary N) is 1. The van der Waals surface area contributed by atoms with E-state index in [2.05, 4.69) is 5.32 Å². The maximum absolute atomic E-state index is 12.2. The van der Waals surface area contributed by atoms with Crippen molar-refractivity contribution < 1.29 is 18.7 Å². The van der Waals surface area contributed by atoms with Gasteiger partial charge in [0, 0.05) is 6.54 Å². The fourth-order valence-electron chi connectivity index (χ4n) is 2.52. The summed E-state index contributed by atoms with van der Waals surface area (Å²) >= 11 is 0. The van der Waals surface area contributed by atoms with E-state index in [1.165, 1.54) is 0 Å². The van der Waals surface area contributed by atoms with E-state index in [0.29, 0.717) is 37.5 Å². The number of ether oxygens (including phenoxy) is 2. The third kappa shape index (κ3) is 4.54. The number of furan rings is 1. The Morgan fingerprint density at radius 2 is 1.79 bits per heavy atom. The first-order valence-electron chi connectivity index (χ1n) is 8.28. The van der Waals surface area contributed by atoms with E-state index in [9.17, 15) is 4.79 Å². The van der Waals surface area contributed by atoms with Gasteiger partial charge in [0.25, 0.3) is 5.91 Å². The van der Waals surface area contributed by atoms with Crippen LogP contribution in [0.25, 0.3) is 0 Å². The van der Waals surface area contributed by atoms with E-state index >= 15 is 0 Å². The van der Waals surface area contributed by atoms with Crippen molar-refractivity contribution in [2.45, 2.75) is 34.1 Å². The Balaban J connectivity index is 1.95. The lowest BCUT2D eigenvalue weighted by Crippen LogP contribution is -2.25. The average molecular weight is 331 g/mol. The number of amides is 1. The Bertz CT molecular complexity index is 691. The van der Waals surface area contributed by atoms with Crippen molar-refractivity contribution in [2.75, 3.05) is 19.8 Å². The van der Waals surface area contributed by atoms with Crippen LogP contribution in [-0.4, -0.2) is 25.7 Å². The Labute approximate surface area is 143 Å². The second-order valence-corrected chi connectivity index (χ2v) is 5.48. The van der Waals surface area contributed by atoms with Gasteiger partial charge in [0.2, 0.25) is 0 Å². The molecular formula is C19H25NO4. The summed E-state index contributed by atoms with van der Waals surface area (Å²) in [7, 11) is 0. The molecule has 0 aliphatic rings. The van der Waals surface area contributed by atoms with Crippen LogP contribution in [0, 0.1) is 13.8 Å². The summed E-state index contributed by atoms with van der Waals surface area (Å²) < 4.78 is 16.6. The molecule has 0 aliphatic carbocycles. The Hall–Kier alpha value is -2.43. The van der Waals surface area contributed by atoms with E-state index in [0.717, 1.165) is 22.8 Å². The van der Waals surface area contributed by atoms with Gasteiger partial charge >= 0.3 is 0 Å². The molecule has 5 nitrogen and oxygen atoms in total. The maximum atomic E-state index is 12.2. The number of hydrogen-bond donors (Lipinski definition) is 1. The SMILES string of the molecule is CCOc1ccc(CCNC(=O)c2cc(C)oc2C)cc1OCC. The normalized spacial score (nSPS) is 10.5. The van der Waals surface area contributed by atoms with Gasteiger partial charge in [-0.15, -0.1) is 0 Å². The van der Waals surface area contributed by atoms with Crippen LogP contribution in [0.15, 0.2) is 28.7 Å². The van der Waals surface area contributed by atoms with Gasteiger partial charge in [-0.25, -0.2) is 0 Å². The highest BCUT2D eigenvalue weighted by molar-refractivity contribution is 5.95. The molecule has 5 heteroatoms. The highest BCUT2D eigenvalue weighted by Crippen LogP contribution is 2.28. The number of benzene rings is 1. The highest BCUT2D eigenvalue weighted by Gasteiger charge is 2.13. The van der Waals surface area contributed by atoms with Crippen molar-refractivity contribution in [3.8, 4) is 11.5 Å². The molecule has 0 unspecified atom stereocenters. The standard InChI is InChI=1S/C19H25NO4/c1-5-22-17-8-7-15(12-18(17)23-6-2)9-10-20-19(21)16-11-13(3)24-14(16)4/h7-8,11-12H,5-6,9-10H2,1-4H3,(H,20,21). The number of rotatable bonds is 8. The molecule has 0 saturated heterocycles. The lowest BCUT2D eigenvalue weighted by Gasteiger charge is -2.12. The molecule has 0 saturated carbocycles. The molecule has 0 atom stereocenters. The predicted molar refractivity (Wildman–Crippen MR) is 93.0 cm³/mol. The van der Waals surface area contributed by atoms with Crippen molar-refractivity contribution in [1.82, 2.24) is 5.32 Å². The number of carbonyl (C=O) groups excluding carboxylic acids is 1. The minimum atomic E-state index is -0.111. The molecule has 0 spiro atoms. The van der Waals surface area contributed by atoms with Crippen molar-refractivity contribution >= 4 is 5.91 Å². The predicted octanol–water partition coefficient (Wildman–Crippen LogP) is 3.67. The van der Waals surface area contributed by atoms with E-state index in [1.54, 1.807) is 13.0 Å². The Kier molecular flexibility index (Phi) is 6.29. The third-order valence-electron chi connectivity index (χ3n) is 3.59. The summed E-state index contributed by atoms with van der Waals surface area (Å²) in [5.74, 6) is 2.76. The van der Waals surface area contributed by atoms with E-state index in [1.807, 2.05) is 39.0 Å². The van der Waals surface area contributed by atoms with Gasteiger partial charge in [0.15, 0.2) is 11.5 Å². The molecule has 130 valence electrons. The first-order chi connectivity index (χ1) is 11.5. The Morgan fingerprint density at radius 1 is 1.08 bits per heavy atom. The van der Waals surface area contributed by atoms with Crippen LogP contribution >= 0.6 is 0 Å². The molecule has 1 N–H and O–H groups in total.